The highest BCUT2D eigenvalue weighted by atomic mass is 32.2. The lowest BCUT2D eigenvalue weighted by atomic mass is 10.1. The summed E-state index contributed by atoms with van der Waals surface area (Å²) in [4.78, 5) is 23.5. The molecule has 0 atom stereocenters. The van der Waals surface area contributed by atoms with Gasteiger partial charge in [-0.2, -0.15) is 0 Å². The fourth-order valence-electron chi connectivity index (χ4n) is 2.67. The van der Waals surface area contributed by atoms with Crippen LogP contribution >= 0.6 is 0 Å². The third-order valence-electron chi connectivity index (χ3n) is 4.28. The van der Waals surface area contributed by atoms with Gasteiger partial charge in [0.1, 0.15) is 11.6 Å². The minimum atomic E-state index is -4.00. The summed E-state index contributed by atoms with van der Waals surface area (Å²) in [5.41, 5.74) is 5.14. The Labute approximate surface area is 176 Å². The zero-order valence-corrected chi connectivity index (χ0v) is 17.0. The third-order valence-corrected chi connectivity index (χ3v) is 5.66. The van der Waals surface area contributed by atoms with E-state index in [0.29, 0.717) is 11.8 Å². The Hall–Kier alpha value is -3.79. The van der Waals surface area contributed by atoms with E-state index in [1.807, 2.05) is 6.92 Å². The van der Waals surface area contributed by atoms with Gasteiger partial charge in [0.2, 0.25) is 0 Å². The Morgan fingerprint density at radius 1 is 0.935 bits per heavy atom. The largest absolute Gasteiger partial charge is 0.366 e. The number of carbonyl (C=O) groups is 2. The number of carbonyl (C=O) groups excluding carboxylic acids is 2. The number of primary amides is 1. The number of rotatable bonds is 6. The van der Waals surface area contributed by atoms with E-state index in [9.17, 15) is 26.8 Å². The highest BCUT2D eigenvalue weighted by Crippen LogP contribution is 2.22. The molecule has 0 unspecified atom stereocenters. The number of aryl methyl sites for hydroxylation is 1. The van der Waals surface area contributed by atoms with Gasteiger partial charge in [-0.3, -0.25) is 14.3 Å². The van der Waals surface area contributed by atoms with Crippen LogP contribution in [0.15, 0.2) is 65.6 Å². The van der Waals surface area contributed by atoms with Crippen LogP contribution in [0.4, 0.5) is 20.2 Å². The van der Waals surface area contributed by atoms with E-state index >= 15 is 0 Å². The van der Waals surface area contributed by atoms with Gasteiger partial charge < -0.3 is 11.1 Å². The molecule has 3 aromatic rings. The maximum absolute atomic E-state index is 14.0. The van der Waals surface area contributed by atoms with Crippen molar-refractivity contribution in [3.63, 3.8) is 0 Å². The van der Waals surface area contributed by atoms with E-state index in [-0.39, 0.29) is 10.5 Å². The van der Waals surface area contributed by atoms with Gasteiger partial charge in [0, 0.05) is 17.3 Å². The molecule has 0 bridgehead atoms. The molecule has 0 saturated heterocycles. The Balaban J connectivity index is 1.86. The van der Waals surface area contributed by atoms with Crippen LogP contribution < -0.4 is 15.8 Å². The first kappa shape index (κ1) is 21.9. The van der Waals surface area contributed by atoms with Crippen molar-refractivity contribution in [3.8, 4) is 0 Å². The van der Waals surface area contributed by atoms with Gasteiger partial charge >= 0.3 is 0 Å². The number of hydrogen-bond acceptors (Lipinski definition) is 4. The molecule has 0 saturated carbocycles. The van der Waals surface area contributed by atoms with Crippen LogP contribution in [0.25, 0.3) is 0 Å². The summed E-state index contributed by atoms with van der Waals surface area (Å²) in [5, 5.41) is 2.18. The molecule has 0 aliphatic carbocycles. The summed E-state index contributed by atoms with van der Waals surface area (Å²) >= 11 is 0. The van der Waals surface area contributed by atoms with Crippen molar-refractivity contribution in [1.82, 2.24) is 0 Å². The van der Waals surface area contributed by atoms with Crippen LogP contribution in [0.2, 0.25) is 0 Å². The first-order valence-corrected chi connectivity index (χ1v) is 10.3. The number of hydrogen-bond donors (Lipinski definition) is 3. The molecule has 0 heterocycles. The summed E-state index contributed by atoms with van der Waals surface area (Å²) in [5.74, 6) is -4.30. The lowest BCUT2D eigenvalue weighted by molar-refractivity contribution is 0.0992. The molecule has 0 fully saturated rings. The molecular weight excluding hydrogens is 428 g/mol. The molecule has 7 nitrogen and oxygen atoms in total. The molecule has 160 valence electrons. The average Bonchev–Trinajstić information content (AvgIpc) is 2.71. The fourth-order valence-corrected chi connectivity index (χ4v) is 3.77. The number of nitrogens with two attached hydrogens (primary N) is 1. The normalized spacial score (nSPS) is 11.1. The lowest BCUT2D eigenvalue weighted by Crippen LogP contribution is -2.18. The zero-order valence-electron chi connectivity index (χ0n) is 16.1. The standard InChI is InChI=1S/C21H17F2N3O4S/c1-12-5-7-14(8-6-12)26-31(29,30)15-4-2-3-13(9-15)21(28)25-19-10-16(20(24)27)17(22)11-18(19)23/h2-11,26H,1H3,(H2,24,27)(H,25,28). The smallest absolute Gasteiger partial charge is 0.261 e. The first-order valence-electron chi connectivity index (χ1n) is 8.86. The van der Waals surface area contributed by atoms with E-state index in [1.54, 1.807) is 24.3 Å². The Morgan fingerprint density at radius 3 is 2.26 bits per heavy atom. The van der Waals surface area contributed by atoms with Gasteiger partial charge in [0.15, 0.2) is 0 Å². The highest BCUT2D eigenvalue weighted by Gasteiger charge is 2.19. The minimum absolute atomic E-state index is 0.101. The third kappa shape index (κ3) is 5.04. The minimum Gasteiger partial charge on any atom is -0.366 e. The zero-order chi connectivity index (χ0) is 22.8. The molecule has 2 amide bonds. The van der Waals surface area contributed by atoms with E-state index < -0.39 is 44.7 Å². The maximum atomic E-state index is 14.0. The van der Waals surface area contributed by atoms with E-state index in [2.05, 4.69) is 10.0 Å². The van der Waals surface area contributed by atoms with Crippen LogP contribution in [-0.4, -0.2) is 20.2 Å². The van der Waals surface area contributed by atoms with Gasteiger partial charge in [-0.15, -0.1) is 0 Å². The number of nitrogens with one attached hydrogen (secondary N) is 2. The number of anilines is 2. The molecule has 31 heavy (non-hydrogen) atoms. The molecule has 10 heteroatoms. The molecule has 0 aliphatic heterocycles. The van der Waals surface area contributed by atoms with Gasteiger partial charge in [-0.1, -0.05) is 23.8 Å². The highest BCUT2D eigenvalue weighted by molar-refractivity contribution is 7.92. The van der Waals surface area contributed by atoms with Crippen molar-refractivity contribution in [2.24, 2.45) is 5.73 Å². The number of halogens is 2. The molecule has 4 N–H and O–H groups in total. The topological polar surface area (TPSA) is 118 Å². The first-order chi connectivity index (χ1) is 14.6. The summed E-state index contributed by atoms with van der Waals surface area (Å²) in [6, 6.07) is 12.9. The quantitative estimate of drug-likeness (QED) is 0.539. The average molecular weight is 445 g/mol. The maximum Gasteiger partial charge on any atom is 0.261 e. The van der Waals surface area contributed by atoms with Crippen LogP contribution in [0, 0.1) is 18.6 Å². The van der Waals surface area contributed by atoms with Crippen molar-refractivity contribution < 1.29 is 26.8 Å². The Bertz CT molecular complexity index is 1280. The summed E-state index contributed by atoms with van der Waals surface area (Å²) < 4.78 is 55.3. The number of benzene rings is 3. The molecule has 0 aliphatic rings. The molecule has 0 spiro atoms. The second kappa shape index (κ2) is 8.52. The van der Waals surface area contributed by atoms with E-state index in [4.69, 9.17) is 5.73 Å². The Morgan fingerprint density at radius 2 is 1.61 bits per heavy atom. The number of amides is 2. The van der Waals surface area contributed by atoms with Crippen LogP contribution in [0.5, 0.6) is 0 Å². The lowest BCUT2D eigenvalue weighted by Gasteiger charge is -2.11. The second-order valence-electron chi connectivity index (χ2n) is 6.63. The van der Waals surface area contributed by atoms with Crippen molar-refractivity contribution in [1.29, 1.82) is 0 Å². The summed E-state index contributed by atoms with van der Waals surface area (Å²) in [6.45, 7) is 1.86. The molecule has 0 aromatic heterocycles. The molecule has 3 rings (SSSR count). The monoisotopic (exact) mass is 445 g/mol. The van der Waals surface area contributed by atoms with Crippen LogP contribution in [-0.2, 0) is 10.0 Å². The van der Waals surface area contributed by atoms with Crippen molar-refractivity contribution in [3.05, 3.63) is 89.0 Å². The molecule has 0 radical (unpaired) electrons. The van der Waals surface area contributed by atoms with Gasteiger partial charge in [-0.25, -0.2) is 17.2 Å². The molecule has 3 aromatic carbocycles. The van der Waals surface area contributed by atoms with Crippen LogP contribution in [0.1, 0.15) is 26.3 Å². The Kier molecular flexibility index (Phi) is 6.02. The molecular formula is C21H17F2N3O4S. The van der Waals surface area contributed by atoms with Crippen molar-refractivity contribution in [2.75, 3.05) is 10.0 Å². The predicted octanol–water partition coefficient (Wildman–Crippen LogP) is 3.43. The van der Waals surface area contributed by atoms with Crippen molar-refractivity contribution in [2.45, 2.75) is 11.8 Å². The van der Waals surface area contributed by atoms with Gasteiger partial charge in [0.25, 0.3) is 21.8 Å². The second-order valence-corrected chi connectivity index (χ2v) is 8.31. The summed E-state index contributed by atoms with van der Waals surface area (Å²) in [7, 11) is -4.00. The van der Waals surface area contributed by atoms with Gasteiger partial charge in [-0.05, 0) is 43.3 Å². The van der Waals surface area contributed by atoms with E-state index in [1.165, 1.54) is 18.2 Å². The SMILES string of the molecule is Cc1ccc(NS(=O)(=O)c2cccc(C(=O)Nc3cc(C(N)=O)c(F)cc3F)c2)cc1. The van der Waals surface area contributed by atoms with E-state index in [0.717, 1.165) is 17.7 Å². The number of sulfonamides is 1. The fraction of sp³-hybridized carbons (Fsp3) is 0.0476. The van der Waals surface area contributed by atoms with Crippen molar-refractivity contribution >= 4 is 33.2 Å². The van der Waals surface area contributed by atoms with Gasteiger partial charge in [0.05, 0.1) is 16.1 Å². The summed E-state index contributed by atoms with van der Waals surface area (Å²) in [6.07, 6.45) is 0. The van der Waals surface area contributed by atoms with Crippen LogP contribution in [0.3, 0.4) is 0 Å². The predicted molar refractivity (Wildman–Crippen MR) is 111 cm³/mol.